The van der Waals surface area contributed by atoms with Gasteiger partial charge in [0.2, 0.25) is 0 Å². The smallest absolute Gasteiger partial charge is 0.375 e. The maximum Gasteiger partial charge on any atom is 0.538 e. The molecule has 0 aromatic heterocycles. The van der Waals surface area contributed by atoms with Crippen molar-refractivity contribution in [3.8, 4) is 0 Å². The van der Waals surface area contributed by atoms with Gasteiger partial charge in [-0.2, -0.15) is 0 Å². The third kappa shape index (κ3) is 4.39. The lowest BCUT2D eigenvalue weighted by atomic mass is 9.77. The molecular weight excluding hydrogens is 404 g/mol. The molecule has 7 nitrogen and oxygen atoms in total. The van der Waals surface area contributed by atoms with Crippen LogP contribution < -0.4 is 0 Å². The van der Waals surface area contributed by atoms with Gasteiger partial charge in [0, 0.05) is 40.1 Å². The second kappa shape index (κ2) is 11.2. The van der Waals surface area contributed by atoms with Crippen molar-refractivity contribution >= 4 is 8.80 Å². The Morgan fingerprint density at radius 2 is 1.53 bits per heavy atom. The summed E-state index contributed by atoms with van der Waals surface area (Å²) < 4.78 is 45.3. The van der Waals surface area contributed by atoms with Crippen LogP contribution in [-0.2, 0) is 32.2 Å². The van der Waals surface area contributed by atoms with E-state index in [4.69, 9.17) is 32.2 Å². The summed E-state index contributed by atoms with van der Waals surface area (Å²) in [5, 5.41) is -0.858. The number of rotatable bonds is 10. The summed E-state index contributed by atoms with van der Waals surface area (Å²) in [6.45, 7) is 8.92. The first-order chi connectivity index (χ1) is 14.6. The van der Waals surface area contributed by atoms with Crippen LogP contribution in [-0.4, -0.2) is 72.2 Å². The Bertz CT molecular complexity index is 491. The second-order valence-corrected chi connectivity index (χ2v) is 11.2. The lowest BCUT2D eigenvalue weighted by molar-refractivity contribution is -0.316. The van der Waals surface area contributed by atoms with Gasteiger partial charge < -0.3 is 32.2 Å². The molecule has 4 unspecified atom stereocenters. The minimum absolute atomic E-state index is 0.0598. The van der Waals surface area contributed by atoms with Crippen LogP contribution in [0.2, 0.25) is 0 Å². The molecule has 0 aliphatic carbocycles. The van der Waals surface area contributed by atoms with E-state index in [1.54, 1.807) is 7.11 Å². The molecule has 3 saturated heterocycles. The third-order valence-electron chi connectivity index (χ3n) is 6.75. The molecule has 0 amide bonds. The summed E-state index contributed by atoms with van der Waals surface area (Å²) in [4.78, 5) is 0. The summed E-state index contributed by atoms with van der Waals surface area (Å²) in [6.07, 6.45) is 8.30. The van der Waals surface area contributed by atoms with E-state index < -0.39 is 19.6 Å². The van der Waals surface area contributed by atoms with Crippen molar-refractivity contribution in [2.75, 3.05) is 40.1 Å². The lowest BCUT2D eigenvalue weighted by Crippen LogP contribution is -2.81. The van der Waals surface area contributed by atoms with Crippen LogP contribution in [0.1, 0.15) is 78.6 Å². The number of hydrogen-bond donors (Lipinski definition) is 0. The van der Waals surface area contributed by atoms with Crippen LogP contribution >= 0.6 is 0 Å². The van der Waals surface area contributed by atoms with Crippen LogP contribution in [0.4, 0.5) is 0 Å². The fourth-order valence-corrected chi connectivity index (χ4v) is 9.35. The predicted molar refractivity (Wildman–Crippen MR) is 115 cm³/mol. The normalized spacial score (nSPS) is 36.0. The van der Waals surface area contributed by atoms with Crippen LogP contribution in [0.3, 0.4) is 0 Å². The van der Waals surface area contributed by atoms with Gasteiger partial charge in [-0.1, -0.05) is 0 Å². The van der Waals surface area contributed by atoms with Gasteiger partial charge in [-0.05, 0) is 78.6 Å². The van der Waals surface area contributed by atoms with Gasteiger partial charge in [-0.15, -0.1) is 0 Å². The van der Waals surface area contributed by atoms with Gasteiger partial charge in [0.05, 0.1) is 6.10 Å². The average molecular weight is 447 g/mol. The van der Waals surface area contributed by atoms with Gasteiger partial charge in [0.25, 0.3) is 0 Å². The first kappa shape index (κ1) is 24.6. The standard InChI is InChI=1S/C22H42O7Si/c1-5-26-30(27-6-2,28-7-3)22(16-12-14-20(23-4)29-22)21(15-9-11-18-25-21)19-13-8-10-17-24-19/h19-20H,5-18H2,1-4H3. The summed E-state index contributed by atoms with van der Waals surface area (Å²) in [7, 11) is -1.65. The molecule has 0 aromatic rings. The van der Waals surface area contributed by atoms with Crippen molar-refractivity contribution in [2.45, 2.75) is 102 Å². The highest BCUT2D eigenvalue weighted by molar-refractivity contribution is 6.64. The van der Waals surface area contributed by atoms with Gasteiger partial charge in [0.1, 0.15) is 5.60 Å². The average Bonchev–Trinajstić information content (AvgIpc) is 2.80. The molecule has 0 saturated carbocycles. The minimum Gasteiger partial charge on any atom is -0.375 e. The first-order valence-corrected chi connectivity index (χ1v) is 13.7. The molecule has 176 valence electrons. The number of methoxy groups -OCH3 is 1. The van der Waals surface area contributed by atoms with Gasteiger partial charge in [0.15, 0.2) is 11.5 Å². The molecule has 4 atom stereocenters. The summed E-state index contributed by atoms with van der Waals surface area (Å²) >= 11 is 0. The van der Waals surface area contributed by atoms with E-state index in [-0.39, 0.29) is 12.4 Å². The predicted octanol–water partition coefficient (Wildman–Crippen LogP) is 3.99. The molecule has 0 bridgehead atoms. The molecule has 0 aromatic carbocycles. The highest BCUT2D eigenvalue weighted by Crippen LogP contribution is 2.53. The molecular formula is C22H42O7Si. The van der Waals surface area contributed by atoms with Gasteiger partial charge >= 0.3 is 8.80 Å². The zero-order chi connectivity index (χ0) is 21.5. The summed E-state index contributed by atoms with van der Waals surface area (Å²) in [5.74, 6) is 0. The molecule has 3 heterocycles. The molecule has 3 aliphatic rings. The summed E-state index contributed by atoms with van der Waals surface area (Å²) in [6, 6.07) is 0. The number of ether oxygens (including phenoxy) is 4. The monoisotopic (exact) mass is 446 g/mol. The Kier molecular flexibility index (Phi) is 9.16. The largest absolute Gasteiger partial charge is 0.538 e. The lowest BCUT2D eigenvalue weighted by Gasteiger charge is -2.60. The van der Waals surface area contributed by atoms with E-state index in [2.05, 4.69) is 0 Å². The van der Waals surface area contributed by atoms with Crippen molar-refractivity contribution in [2.24, 2.45) is 0 Å². The Morgan fingerprint density at radius 1 is 0.833 bits per heavy atom. The Balaban J connectivity index is 2.17. The quantitative estimate of drug-likeness (QED) is 0.470. The Hall–Kier alpha value is -0.0631. The molecule has 3 aliphatic heterocycles. The van der Waals surface area contributed by atoms with E-state index in [9.17, 15) is 0 Å². The summed E-state index contributed by atoms with van der Waals surface area (Å²) in [5.41, 5.74) is -0.658. The molecule has 3 fully saturated rings. The van der Waals surface area contributed by atoms with E-state index in [0.29, 0.717) is 26.4 Å². The van der Waals surface area contributed by atoms with Crippen LogP contribution in [0.25, 0.3) is 0 Å². The Morgan fingerprint density at radius 3 is 2.07 bits per heavy atom. The van der Waals surface area contributed by atoms with E-state index >= 15 is 0 Å². The molecule has 0 radical (unpaired) electrons. The fraction of sp³-hybridized carbons (Fsp3) is 1.00. The van der Waals surface area contributed by atoms with Crippen LogP contribution in [0.15, 0.2) is 0 Å². The molecule has 3 rings (SSSR count). The van der Waals surface area contributed by atoms with Crippen molar-refractivity contribution < 1.29 is 32.2 Å². The number of hydrogen-bond acceptors (Lipinski definition) is 7. The zero-order valence-corrected chi connectivity index (χ0v) is 20.4. The zero-order valence-electron chi connectivity index (χ0n) is 19.4. The fourth-order valence-electron chi connectivity index (χ4n) is 5.62. The Labute approximate surface area is 183 Å². The maximum atomic E-state index is 6.90. The van der Waals surface area contributed by atoms with Crippen molar-refractivity contribution in [3.05, 3.63) is 0 Å². The maximum absolute atomic E-state index is 6.90. The minimum atomic E-state index is -3.35. The van der Waals surface area contributed by atoms with Crippen LogP contribution in [0, 0.1) is 0 Å². The van der Waals surface area contributed by atoms with Crippen LogP contribution in [0.5, 0.6) is 0 Å². The highest BCUT2D eigenvalue weighted by Gasteiger charge is 2.76. The third-order valence-corrected chi connectivity index (χ3v) is 10.5. The molecule has 30 heavy (non-hydrogen) atoms. The highest BCUT2D eigenvalue weighted by atomic mass is 28.4. The molecule has 0 N–H and O–H groups in total. The van der Waals surface area contributed by atoms with Gasteiger partial charge in [-0.3, -0.25) is 0 Å². The van der Waals surface area contributed by atoms with E-state index in [0.717, 1.165) is 64.4 Å². The van der Waals surface area contributed by atoms with E-state index in [1.165, 1.54) is 0 Å². The van der Waals surface area contributed by atoms with E-state index in [1.807, 2.05) is 20.8 Å². The van der Waals surface area contributed by atoms with Crippen molar-refractivity contribution in [1.29, 1.82) is 0 Å². The molecule has 8 heteroatoms. The van der Waals surface area contributed by atoms with Crippen molar-refractivity contribution in [1.82, 2.24) is 0 Å². The SMILES string of the molecule is CCO[Si](OCC)(OCC)C1(C2(C3CCCCO3)CCCCO2)CCCC(OC)O1. The molecule has 0 spiro atoms. The van der Waals surface area contributed by atoms with Gasteiger partial charge in [-0.25, -0.2) is 0 Å². The first-order valence-electron chi connectivity index (χ1n) is 12.0. The van der Waals surface area contributed by atoms with Crippen molar-refractivity contribution in [3.63, 3.8) is 0 Å². The second-order valence-electron chi connectivity index (χ2n) is 8.41. The topological polar surface area (TPSA) is 64.6 Å².